The highest BCUT2D eigenvalue weighted by Gasteiger charge is 2.04. The Bertz CT molecular complexity index is 686. The number of methoxy groups -OCH3 is 1. The molecule has 0 unspecified atom stereocenters. The smallest absolute Gasteiger partial charge is 0.126 e. The van der Waals surface area contributed by atoms with E-state index >= 15 is 0 Å². The standard InChI is InChI=1S/C17H14O/c1-18-17-9-5-4-8-16(17)15-11-10-13-6-2-3-7-14(13)12-15/h2-12H,1H3. The van der Waals surface area contributed by atoms with Crippen molar-refractivity contribution in [2.24, 2.45) is 0 Å². The topological polar surface area (TPSA) is 9.23 Å². The van der Waals surface area contributed by atoms with Crippen LogP contribution in [-0.4, -0.2) is 7.11 Å². The molecule has 88 valence electrons. The molecule has 0 aliphatic heterocycles. The van der Waals surface area contributed by atoms with Crippen molar-refractivity contribution in [1.82, 2.24) is 0 Å². The first-order chi connectivity index (χ1) is 8.88. The number of fused-ring (bicyclic) bond motifs is 1. The predicted octanol–water partition coefficient (Wildman–Crippen LogP) is 4.52. The Morgan fingerprint density at radius 1 is 0.722 bits per heavy atom. The zero-order valence-electron chi connectivity index (χ0n) is 10.3. The molecule has 0 aliphatic carbocycles. The summed E-state index contributed by atoms with van der Waals surface area (Å²) in [5.74, 6) is 0.910. The molecule has 18 heavy (non-hydrogen) atoms. The highest BCUT2D eigenvalue weighted by atomic mass is 16.5. The van der Waals surface area contributed by atoms with E-state index in [2.05, 4.69) is 48.5 Å². The van der Waals surface area contributed by atoms with E-state index in [1.165, 1.54) is 16.3 Å². The van der Waals surface area contributed by atoms with Crippen LogP contribution in [0.5, 0.6) is 5.75 Å². The second-order valence-electron chi connectivity index (χ2n) is 4.26. The number of para-hydroxylation sites is 1. The zero-order valence-corrected chi connectivity index (χ0v) is 10.3. The lowest BCUT2D eigenvalue weighted by Crippen LogP contribution is -1.87. The Morgan fingerprint density at radius 2 is 1.44 bits per heavy atom. The van der Waals surface area contributed by atoms with Crippen molar-refractivity contribution >= 4 is 10.8 Å². The number of hydrogen-bond acceptors (Lipinski definition) is 1. The van der Waals surface area contributed by atoms with Crippen LogP contribution in [0.2, 0.25) is 0 Å². The molecule has 3 rings (SSSR count). The largest absolute Gasteiger partial charge is 0.496 e. The zero-order chi connectivity index (χ0) is 12.4. The summed E-state index contributed by atoms with van der Waals surface area (Å²) in [6.45, 7) is 0. The van der Waals surface area contributed by atoms with Gasteiger partial charge in [0, 0.05) is 5.56 Å². The first kappa shape index (κ1) is 10.8. The van der Waals surface area contributed by atoms with Gasteiger partial charge in [-0.15, -0.1) is 0 Å². The van der Waals surface area contributed by atoms with Crippen LogP contribution in [0.15, 0.2) is 66.7 Å². The van der Waals surface area contributed by atoms with E-state index in [4.69, 9.17) is 4.74 Å². The Kier molecular flexibility index (Phi) is 2.73. The van der Waals surface area contributed by atoms with Gasteiger partial charge in [0.1, 0.15) is 5.75 Å². The van der Waals surface area contributed by atoms with Crippen molar-refractivity contribution in [3.8, 4) is 16.9 Å². The summed E-state index contributed by atoms with van der Waals surface area (Å²) < 4.78 is 5.41. The molecule has 0 aromatic heterocycles. The molecule has 0 N–H and O–H groups in total. The van der Waals surface area contributed by atoms with Crippen LogP contribution < -0.4 is 4.74 Å². The van der Waals surface area contributed by atoms with Crippen LogP contribution in [0.1, 0.15) is 0 Å². The minimum Gasteiger partial charge on any atom is -0.496 e. The molecule has 0 saturated heterocycles. The summed E-state index contributed by atoms with van der Waals surface area (Å²) >= 11 is 0. The van der Waals surface area contributed by atoms with Crippen molar-refractivity contribution in [2.45, 2.75) is 0 Å². The van der Waals surface area contributed by atoms with Gasteiger partial charge in [0.15, 0.2) is 0 Å². The molecule has 3 aromatic carbocycles. The van der Waals surface area contributed by atoms with Crippen LogP contribution in [0.3, 0.4) is 0 Å². The van der Waals surface area contributed by atoms with E-state index in [1.807, 2.05) is 18.2 Å². The van der Waals surface area contributed by atoms with E-state index in [0.717, 1.165) is 11.3 Å². The predicted molar refractivity (Wildman–Crippen MR) is 75.9 cm³/mol. The Balaban J connectivity index is 2.19. The third-order valence-corrected chi connectivity index (χ3v) is 3.17. The van der Waals surface area contributed by atoms with Gasteiger partial charge in [0.2, 0.25) is 0 Å². The van der Waals surface area contributed by atoms with Gasteiger partial charge in [0.25, 0.3) is 0 Å². The minimum absolute atomic E-state index is 0.910. The normalized spacial score (nSPS) is 10.5. The van der Waals surface area contributed by atoms with E-state index in [9.17, 15) is 0 Å². The molecule has 0 amide bonds. The SMILES string of the molecule is COc1ccccc1-c1ccc2ccccc2c1. The van der Waals surface area contributed by atoms with Crippen molar-refractivity contribution < 1.29 is 4.74 Å². The molecule has 0 atom stereocenters. The van der Waals surface area contributed by atoms with Gasteiger partial charge in [-0.1, -0.05) is 54.6 Å². The van der Waals surface area contributed by atoms with E-state index in [1.54, 1.807) is 7.11 Å². The molecule has 1 nitrogen and oxygen atoms in total. The lowest BCUT2D eigenvalue weighted by atomic mass is 10.0. The van der Waals surface area contributed by atoms with Gasteiger partial charge in [-0.25, -0.2) is 0 Å². The molecule has 0 saturated carbocycles. The minimum atomic E-state index is 0.910. The molecule has 3 aromatic rings. The number of rotatable bonds is 2. The molecular formula is C17H14O. The van der Waals surface area contributed by atoms with Crippen molar-refractivity contribution in [3.63, 3.8) is 0 Å². The first-order valence-electron chi connectivity index (χ1n) is 6.01. The highest BCUT2D eigenvalue weighted by molar-refractivity contribution is 5.88. The van der Waals surface area contributed by atoms with Gasteiger partial charge in [-0.05, 0) is 28.5 Å². The van der Waals surface area contributed by atoms with Crippen LogP contribution in [-0.2, 0) is 0 Å². The summed E-state index contributed by atoms with van der Waals surface area (Å²) in [6, 6.07) is 23.0. The Morgan fingerprint density at radius 3 is 2.28 bits per heavy atom. The molecule has 0 heterocycles. The maximum atomic E-state index is 5.41. The highest BCUT2D eigenvalue weighted by Crippen LogP contribution is 2.31. The van der Waals surface area contributed by atoms with E-state index < -0.39 is 0 Å². The van der Waals surface area contributed by atoms with E-state index in [0.29, 0.717) is 0 Å². The molecule has 0 bridgehead atoms. The number of hydrogen-bond donors (Lipinski definition) is 0. The molecule has 0 spiro atoms. The van der Waals surface area contributed by atoms with Crippen LogP contribution in [0.25, 0.3) is 21.9 Å². The van der Waals surface area contributed by atoms with Gasteiger partial charge < -0.3 is 4.74 Å². The van der Waals surface area contributed by atoms with Gasteiger partial charge >= 0.3 is 0 Å². The summed E-state index contributed by atoms with van der Waals surface area (Å²) in [6.07, 6.45) is 0. The fourth-order valence-corrected chi connectivity index (χ4v) is 2.24. The molecule has 0 aliphatic rings. The van der Waals surface area contributed by atoms with Crippen molar-refractivity contribution in [2.75, 3.05) is 7.11 Å². The third-order valence-electron chi connectivity index (χ3n) is 3.17. The Hall–Kier alpha value is -2.28. The lowest BCUT2D eigenvalue weighted by molar-refractivity contribution is 0.416. The number of ether oxygens (including phenoxy) is 1. The molecule has 1 heteroatoms. The van der Waals surface area contributed by atoms with Crippen LogP contribution in [0, 0.1) is 0 Å². The maximum absolute atomic E-state index is 5.41. The third kappa shape index (κ3) is 1.84. The first-order valence-corrected chi connectivity index (χ1v) is 6.01. The Labute approximate surface area is 107 Å². The fourth-order valence-electron chi connectivity index (χ4n) is 2.24. The molecule has 0 radical (unpaired) electrons. The monoisotopic (exact) mass is 234 g/mol. The van der Waals surface area contributed by atoms with E-state index in [-0.39, 0.29) is 0 Å². The number of benzene rings is 3. The second-order valence-corrected chi connectivity index (χ2v) is 4.26. The van der Waals surface area contributed by atoms with Crippen molar-refractivity contribution in [3.05, 3.63) is 66.7 Å². The lowest BCUT2D eigenvalue weighted by Gasteiger charge is -2.09. The van der Waals surface area contributed by atoms with Gasteiger partial charge in [-0.2, -0.15) is 0 Å². The second kappa shape index (κ2) is 4.53. The average Bonchev–Trinajstić information content (AvgIpc) is 2.46. The van der Waals surface area contributed by atoms with Crippen molar-refractivity contribution in [1.29, 1.82) is 0 Å². The molecular weight excluding hydrogens is 220 g/mol. The summed E-state index contributed by atoms with van der Waals surface area (Å²) in [5, 5.41) is 2.51. The van der Waals surface area contributed by atoms with Gasteiger partial charge in [-0.3, -0.25) is 0 Å². The average molecular weight is 234 g/mol. The van der Waals surface area contributed by atoms with Crippen LogP contribution >= 0.6 is 0 Å². The summed E-state index contributed by atoms with van der Waals surface area (Å²) in [5.41, 5.74) is 2.32. The maximum Gasteiger partial charge on any atom is 0.126 e. The fraction of sp³-hybridized carbons (Fsp3) is 0.0588. The summed E-state index contributed by atoms with van der Waals surface area (Å²) in [7, 11) is 1.71. The summed E-state index contributed by atoms with van der Waals surface area (Å²) in [4.78, 5) is 0. The molecule has 0 fully saturated rings. The van der Waals surface area contributed by atoms with Gasteiger partial charge in [0.05, 0.1) is 7.11 Å². The quantitative estimate of drug-likeness (QED) is 0.633. The van der Waals surface area contributed by atoms with Crippen LogP contribution in [0.4, 0.5) is 0 Å².